The maximum Gasteiger partial charge on any atom is -0.0440 e. The molecule has 0 aromatic rings. The first-order valence-electron chi connectivity index (χ1n) is 2.45. The maximum atomic E-state index is 6.00. The Balaban J connectivity index is 0. The molecule has 2 heteroatoms. The summed E-state index contributed by atoms with van der Waals surface area (Å²) in [5.74, 6) is 0. The van der Waals surface area contributed by atoms with Crippen molar-refractivity contribution < 1.29 is 10.5 Å². The fraction of sp³-hybridized carbons (Fsp3) is 0.667. The lowest BCUT2D eigenvalue weighted by atomic mass is 10.2. The lowest BCUT2D eigenvalue weighted by molar-refractivity contribution is -0.176. The first-order chi connectivity index (χ1) is 3.64. The van der Waals surface area contributed by atoms with E-state index in [1.807, 2.05) is 0 Å². The maximum absolute atomic E-state index is 6.00. The molecule has 2 N–H and O–H groups in total. The van der Waals surface area contributed by atoms with E-state index in [-0.39, 0.29) is 0 Å². The van der Waals surface area contributed by atoms with Gasteiger partial charge in [-0.2, -0.15) is 0 Å². The van der Waals surface area contributed by atoms with Crippen LogP contribution in [0.25, 0.3) is 0 Å². The van der Waals surface area contributed by atoms with Crippen molar-refractivity contribution in [3.8, 4) is 0 Å². The van der Waals surface area contributed by atoms with Crippen LogP contribution in [0.4, 0.5) is 0 Å². The summed E-state index contributed by atoms with van der Waals surface area (Å²) in [6.45, 7) is 8.48. The molecule has 2 nitrogen and oxygen atoms in total. The fourth-order valence-corrected chi connectivity index (χ4v) is 0. The smallest absolute Gasteiger partial charge is 0.0440 e. The lowest BCUT2D eigenvalue weighted by Crippen LogP contribution is -1.66. The van der Waals surface area contributed by atoms with Crippen molar-refractivity contribution in [1.29, 1.82) is 0 Å². The lowest BCUT2D eigenvalue weighted by Gasteiger charge is -1.88. The van der Waals surface area contributed by atoms with E-state index in [2.05, 4.69) is 27.7 Å². The molecular formula is C6H14O2. The summed E-state index contributed by atoms with van der Waals surface area (Å²) in [6, 6.07) is 0. The molecule has 0 spiro atoms. The normalized spacial score (nSPS) is 6.75. The van der Waals surface area contributed by atoms with Crippen molar-refractivity contribution in [2.75, 3.05) is 0 Å². The van der Waals surface area contributed by atoms with Gasteiger partial charge in [-0.25, -0.2) is 0 Å². The summed E-state index contributed by atoms with van der Waals surface area (Å²) >= 11 is 0. The van der Waals surface area contributed by atoms with Crippen LogP contribution in [0.5, 0.6) is 0 Å². The molecule has 0 atom stereocenters. The third-order valence-electron chi connectivity index (χ3n) is 1.00. The van der Waals surface area contributed by atoms with E-state index in [0.717, 1.165) is 0 Å². The molecule has 0 aromatic heterocycles. The molecule has 0 bridgehead atoms. The second kappa shape index (κ2) is 6.66. The zero-order chi connectivity index (χ0) is 7.15. The van der Waals surface area contributed by atoms with Crippen LogP contribution in [0, 0.1) is 0 Å². The van der Waals surface area contributed by atoms with Gasteiger partial charge < -0.3 is 0 Å². The highest BCUT2D eigenvalue weighted by atomic mass is 17.0. The molecule has 0 aliphatic heterocycles. The van der Waals surface area contributed by atoms with Gasteiger partial charge >= 0.3 is 0 Å². The van der Waals surface area contributed by atoms with E-state index < -0.39 is 0 Å². The fourth-order valence-electron chi connectivity index (χ4n) is 0. The Morgan fingerprint density at radius 3 is 0.875 bits per heavy atom. The quantitative estimate of drug-likeness (QED) is 0.291. The summed E-state index contributed by atoms with van der Waals surface area (Å²) in [7, 11) is 0. The molecule has 0 radical (unpaired) electrons. The molecule has 0 aliphatic rings. The molecule has 0 aromatic carbocycles. The Morgan fingerprint density at radius 1 is 0.750 bits per heavy atom. The van der Waals surface area contributed by atoms with Crippen LogP contribution in [-0.2, 0) is 0 Å². The van der Waals surface area contributed by atoms with Crippen LogP contribution >= 0.6 is 0 Å². The van der Waals surface area contributed by atoms with E-state index in [0.29, 0.717) is 0 Å². The van der Waals surface area contributed by atoms with Crippen molar-refractivity contribution in [1.82, 2.24) is 0 Å². The zero-order valence-electron chi connectivity index (χ0n) is 5.89. The molecule has 0 rings (SSSR count). The highest BCUT2D eigenvalue weighted by molar-refractivity contribution is 5.02. The molecule has 0 fully saturated rings. The van der Waals surface area contributed by atoms with E-state index >= 15 is 0 Å². The molecule has 0 unspecified atom stereocenters. The molecule has 50 valence electrons. The van der Waals surface area contributed by atoms with Crippen LogP contribution in [0.3, 0.4) is 0 Å². The predicted molar refractivity (Wildman–Crippen MR) is 35.0 cm³/mol. The molecule has 0 amide bonds. The Hall–Kier alpha value is -0.340. The highest BCUT2D eigenvalue weighted by Gasteiger charge is 1.75. The number of rotatable bonds is 0. The summed E-state index contributed by atoms with van der Waals surface area (Å²) in [5, 5.41) is 12.0. The minimum Gasteiger partial charge on any atom is -0.255 e. The van der Waals surface area contributed by atoms with Crippen molar-refractivity contribution in [3.05, 3.63) is 11.1 Å². The summed E-state index contributed by atoms with van der Waals surface area (Å²) in [6.07, 6.45) is 0. The average molecular weight is 118 g/mol. The van der Waals surface area contributed by atoms with E-state index in [9.17, 15) is 0 Å². The standard InChI is InChI=1S/C6H12.H2O2/c1-5(2)6(3)4;1-2/h1-4H3;1-2H. The van der Waals surface area contributed by atoms with Gasteiger partial charge in [0.2, 0.25) is 0 Å². The number of hydrogen-bond donors (Lipinski definition) is 2. The Labute approximate surface area is 50.4 Å². The van der Waals surface area contributed by atoms with Crippen molar-refractivity contribution in [3.63, 3.8) is 0 Å². The number of allylic oxidation sites excluding steroid dienone is 2. The first-order valence-corrected chi connectivity index (χ1v) is 2.45. The van der Waals surface area contributed by atoms with Crippen LogP contribution in [0.1, 0.15) is 27.7 Å². The van der Waals surface area contributed by atoms with Gasteiger partial charge in [-0.15, -0.1) is 0 Å². The monoisotopic (exact) mass is 118 g/mol. The van der Waals surface area contributed by atoms with Gasteiger partial charge in [0.1, 0.15) is 0 Å². The Kier molecular flexibility index (Phi) is 8.83. The Morgan fingerprint density at radius 2 is 0.875 bits per heavy atom. The Bertz CT molecular complexity index is 56.6. The second-order valence-corrected chi connectivity index (χ2v) is 2.00. The van der Waals surface area contributed by atoms with Gasteiger partial charge in [-0.1, -0.05) is 11.1 Å². The molecule has 0 saturated carbocycles. The van der Waals surface area contributed by atoms with Gasteiger partial charge in [0.05, 0.1) is 0 Å². The minimum absolute atomic E-state index is 1.43. The van der Waals surface area contributed by atoms with Crippen LogP contribution in [-0.4, -0.2) is 10.5 Å². The van der Waals surface area contributed by atoms with E-state index in [1.165, 1.54) is 11.1 Å². The van der Waals surface area contributed by atoms with Crippen LogP contribution in [0.2, 0.25) is 0 Å². The van der Waals surface area contributed by atoms with Crippen molar-refractivity contribution in [2.24, 2.45) is 0 Å². The summed E-state index contributed by atoms with van der Waals surface area (Å²) in [4.78, 5) is 0. The van der Waals surface area contributed by atoms with Gasteiger partial charge in [0.25, 0.3) is 0 Å². The minimum atomic E-state index is 1.43. The average Bonchev–Trinajstić information content (AvgIpc) is 1.72. The molecular weight excluding hydrogens is 104 g/mol. The second-order valence-electron chi connectivity index (χ2n) is 2.00. The van der Waals surface area contributed by atoms with Crippen molar-refractivity contribution in [2.45, 2.75) is 27.7 Å². The zero-order valence-corrected chi connectivity index (χ0v) is 5.89. The van der Waals surface area contributed by atoms with Gasteiger partial charge in [-0.3, -0.25) is 10.5 Å². The molecule has 0 saturated heterocycles. The third kappa shape index (κ3) is 9.18. The van der Waals surface area contributed by atoms with Crippen LogP contribution in [0.15, 0.2) is 11.1 Å². The van der Waals surface area contributed by atoms with E-state index in [1.54, 1.807) is 0 Å². The number of hydrogen-bond acceptors (Lipinski definition) is 2. The van der Waals surface area contributed by atoms with Gasteiger partial charge in [0, 0.05) is 0 Å². The SMILES string of the molecule is CC(C)=C(C)C.OO. The summed E-state index contributed by atoms with van der Waals surface area (Å²) in [5.41, 5.74) is 2.85. The first kappa shape index (κ1) is 10.6. The van der Waals surface area contributed by atoms with Crippen molar-refractivity contribution >= 4 is 0 Å². The van der Waals surface area contributed by atoms with Crippen LogP contribution < -0.4 is 0 Å². The van der Waals surface area contributed by atoms with E-state index in [4.69, 9.17) is 10.5 Å². The molecule has 0 heterocycles. The molecule has 8 heavy (non-hydrogen) atoms. The third-order valence-corrected chi connectivity index (χ3v) is 1.00. The predicted octanol–water partition coefficient (Wildman–Crippen LogP) is 2.38. The summed E-state index contributed by atoms with van der Waals surface area (Å²) < 4.78 is 0. The van der Waals surface area contributed by atoms with Gasteiger partial charge in [0.15, 0.2) is 0 Å². The molecule has 0 aliphatic carbocycles. The topological polar surface area (TPSA) is 40.5 Å². The highest BCUT2D eigenvalue weighted by Crippen LogP contribution is 1.96. The largest absolute Gasteiger partial charge is 0.255 e. The van der Waals surface area contributed by atoms with Gasteiger partial charge in [-0.05, 0) is 27.7 Å².